The van der Waals surface area contributed by atoms with Crippen molar-refractivity contribution < 1.29 is 24.5 Å². The van der Waals surface area contributed by atoms with E-state index in [4.69, 9.17) is 9.47 Å². The summed E-state index contributed by atoms with van der Waals surface area (Å²) in [5.74, 6) is 2.07. The Morgan fingerprint density at radius 2 is 1.63 bits per heavy atom. The molecule has 0 spiro atoms. The standard InChI is InChI=1S/C32H49NO5/c1-22(2)11-9-12-23(3)13-10-14-26-17-18-28-29(19-26)31(35)33(30(28)34)20-24(4)37-21-25(5)38-32(36)27-15-7-6-8-16-27/h6-8,15-16,22-26,34-35H,9-14,17-21H2,1-5H3. The minimum absolute atomic E-state index is 0.161. The number of esters is 1. The van der Waals surface area contributed by atoms with Gasteiger partial charge >= 0.3 is 5.97 Å². The van der Waals surface area contributed by atoms with E-state index in [9.17, 15) is 15.0 Å². The highest BCUT2D eigenvalue weighted by molar-refractivity contribution is 5.89. The summed E-state index contributed by atoms with van der Waals surface area (Å²) in [5.41, 5.74) is 2.30. The van der Waals surface area contributed by atoms with Gasteiger partial charge in [-0.1, -0.05) is 77.5 Å². The number of fused-ring (bicyclic) bond motifs is 1. The first-order valence-corrected chi connectivity index (χ1v) is 14.6. The normalized spacial score (nSPS) is 17.7. The van der Waals surface area contributed by atoms with Gasteiger partial charge in [0.25, 0.3) is 0 Å². The van der Waals surface area contributed by atoms with Crippen LogP contribution in [0.5, 0.6) is 11.8 Å². The summed E-state index contributed by atoms with van der Waals surface area (Å²) >= 11 is 0. The maximum Gasteiger partial charge on any atom is 0.338 e. The maximum atomic E-state index is 12.2. The van der Waals surface area contributed by atoms with E-state index in [1.54, 1.807) is 35.8 Å². The second-order valence-corrected chi connectivity index (χ2v) is 11.9. The number of hydrogen-bond donors (Lipinski definition) is 2. The van der Waals surface area contributed by atoms with Crippen LogP contribution in [0.15, 0.2) is 30.3 Å². The molecule has 6 nitrogen and oxygen atoms in total. The molecule has 3 rings (SSSR count). The van der Waals surface area contributed by atoms with Crippen molar-refractivity contribution in [3.05, 3.63) is 47.0 Å². The Morgan fingerprint density at radius 3 is 2.34 bits per heavy atom. The predicted molar refractivity (Wildman–Crippen MR) is 152 cm³/mol. The summed E-state index contributed by atoms with van der Waals surface area (Å²) in [6, 6.07) is 8.89. The summed E-state index contributed by atoms with van der Waals surface area (Å²) in [4.78, 5) is 12.2. The molecule has 1 aromatic carbocycles. The monoisotopic (exact) mass is 527 g/mol. The van der Waals surface area contributed by atoms with E-state index in [2.05, 4.69) is 20.8 Å². The molecule has 0 fully saturated rings. The maximum absolute atomic E-state index is 12.2. The molecule has 1 aromatic heterocycles. The van der Waals surface area contributed by atoms with Crippen LogP contribution in [0.2, 0.25) is 0 Å². The van der Waals surface area contributed by atoms with Crippen molar-refractivity contribution in [1.29, 1.82) is 0 Å². The molecule has 4 atom stereocenters. The number of benzene rings is 1. The van der Waals surface area contributed by atoms with Gasteiger partial charge < -0.3 is 19.7 Å². The number of rotatable bonds is 15. The largest absolute Gasteiger partial charge is 0.494 e. The molecule has 0 saturated heterocycles. The molecular weight excluding hydrogens is 478 g/mol. The Hall–Kier alpha value is -2.47. The van der Waals surface area contributed by atoms with Crippen molar-refractivity contribution in [1.82, 2.24) is 4.57 Å². The number of aromatic nitrogens is 1. The molecule has 1 aliphatic carbocycles. The molecule has 0 amide bonds. The zero-order valence-electron chi connectivity index (χ0n) is 24.1. The second-order valence-electron chi connectivity index (χ2n) is 11.9. The fourth-order valence-corrected chi connectivity index (χ4v) is 5.57. The number of nitrogens with zero attached hydrogens (tertiary/aromatic N) is 1. The molecule has 2 N–H and O–H groups in total. The van der Waals surface area contributed by atoms with E-state index in [-0.39, 0.29) is 30.4 Å². The van der Waals surface area contributed by atoms with Crippen molar-refractivity contribution in [3.63, 3.8) is 0 Å². The van der Waals surface area contributed by atoms with Gasteiger partial charge in [-0.15, -0.1) is 0 Å². The van der Waals surface area contributed by atoms with Crippen LogP contribution < -0.4 is 0 Å². The summed E-state index contributed by atoms with van der Waals surface area (Å²) in [5, 5.41) is 21.8. The number of carbonyl (C=O) groups excluding carboxylic acids is 1. The molecule has 1 heterocycles. The van der Waals surface area contributed by atoms with E-state index in [1.165, 1.54) is 38.5 Å². The lowest BCUT2D eigenvalue weighted by molar-refractivity contribution is -0.0226. The number of aromatic hydroxyl groups is 2. The van der Waals surface area contributed by atoms with Gasteiger partial charge in [0.05, 0.1) is 24.8 Å². The summed E-state index contributed by atoms with van der Waals surface area (Å²) < 4.78 is 13.0. The van der Waals surface area contributed by atoms with Crippen molar-refractivity contribution >= 4 is 5.97 Å². The smallest absolute Gasteiger partial charge is 0.338 e. The Kier molecular flexibility index (Phi) is 11.6. The molecule has 212 valence electrons. The molecule has 0 saturated carbocycles. The Labute approximate surface area is 229 Å². The van der Waals surface area contributed by atoms with Crippen molar-refractivity contribution in [2.75, 3.05) is 6.61 Å². The zero-order valence-corrected chi connectivity index (χ0v) is 24.1. The third-order valence-electron chi connectivity index (χ3n) is 7.87. The van der Waals surface area contributed by atoms with Crippen molar-refractivity contribution in [3.8, 4) is 11.8 Å². The van der Waals surface area contributed by atoms with Crippen LogP contribution in [0.1, 0.15) is 101 Å². The average Bonchev–Trinajstić information content (AvgIpc) is 3.12. The lowest BCUT2D eigenvalue weighted by Crippen LogP contribution is -2.25. The van der Waals surface area contributed by atoms with Crippen LogP contribution in [-0.2, 0) is 28.9 Å². The third kappa shape index (κ3) is 8.79. The fourth-order valence-electron chi connectivity index (χ4n) is 5.57. The summed E-state index contributed by atoms with van der Waals surface area (Å²) in [6.07, 6.45) is 9.65. The first kappa shape index (κ1) is 30.1. The van der Waals surface area contributed by atoms with Crippen LogP contribution in [0.25, 0.3) is 0 Å². The second kappa shape index (κ2) is 14.6. The minimum Gasteiger partial charge on any atom is -0.494 e. The van der Waals surface area contributed by atoms with Gasteiger partial charge in [0.2, 0.25) is 0 Å². The minimum atomic E-state index is -0.413. The zero-order chi connectivity index (χ0) is 27.7. The fraction of sp³-hybridized carbons (Fsp3) is 0.656. The molecule has 6 heteroatoms. The third-order valence-corrected chi connectivity index (χ3v) is 7.87. The highest BCUT2D eigenvalue weighted by Crippen LogP contribution is 2.41. The molecule has 1 aliphatic rings. The lowest BCUT2D eigenvalue weighted by atomic mass is 9.82. The SMILES string of the molecule is CC(C)CCCC(C)CCCC1CCc2c(c(O)n(CC(C)OCC(C)OC(=O)c3ccccc3)c2O)C1. The topological polar surface area (TPSA) is 80.9 Å². The highest BCUT2D eigenvalue weighted by Gasteiger charge is 2.29. The number of carbonyl (C=O) groups is 1. The van der Waals surface area contributed by atoms with Crippen LogP contribution >= 0.6 is 0 Å². The summed E-state index contributed by atoms with van der Waals surface area (Å²) in [7, 11) is 0. The van der Waals surface area contributed by atoms with Gasteiger partial charge in [0.1, 0.15) is 6.10 Å². The van der Waals surface area contributed by atoms with E-state index in [0.717, 1.165) is 42.2 Å². The Bertz CT molecular complexity index is 999. The molecule has 0 bridgehead atoms. The molecule has 38 heavy (non-hydrogen) atoms. The van der Waals surface area contributed by atoms with Gasteiger partial charge in [0, 0.05) is 11.1 Å². The molecule has 4 unspecified atom stereocenters. The van der Waals surface area contributed by atoms with Crippen molar-refractivity contribution in [2.45, 2.75) is 111 Å². The van der Waals surface area contributed by atoms with E-state index >= 15 is 0 Å². The lowest BCUT2D eigenvalue weighted by Gasteiger charge is -2.23. The Morgan fingerprint density at radius 1 is 0.947 bits per heavy atom. The van der Waals surface area contributed by atoms with Gasteiger partial charge in [-0.3, -0.25) is 4.57 Å². The highest BCUT2D eigenvalue weighted by atomic mass is 16.6. The quantitative estimate of drug-likeness (QED) is 0.238. The number of ether oxygens (including phenoxy) is 2. The van der Waals surface area contributed by atoms with Crippen LogP contribution in [0.4, 0.5) is 0 Å². The Balaban J connectivity index is 1.44. The van der Waals surface area contributed by atoms with Gasteiger partial charge in [-0.05, 0) is 63.0 Å². The van der Waals surface area contributed by atoms with Gasteiger partial charge in [0.15, 0.2) is 11.8 Å². The van der Waals surface area contributed by atoms with Crippen LogP contribution in [0.3, 0.4) is 0 Å². The summed E-state index contributed by atoms with van der Waals surface area (Å²) in [6.45, 7) is 11.2. The van der Waals surface area contributed by atoms with Crippen LogP contribution in [-0.4, -0.2) is 39.6 Å². The van der Waals surface area contributed by atoms with Gasteiger partial charge in [-0.25, -0.2) is 4.79 Å². The average molecular weight is 528 g/mol. The van der Waals surface area contributed by atoms with Crippen LogP contribution in [0, 0.1) is 17.8 Å². The van der Waals surface area contributed by atoms with Crippen molar-refractivity contribution in [2.24, 2.45) is 17.8 Å². The van der Waals surface area contributed by atoms with E-state index < -0.39 is 6.10 Å². The molecule has 2 aromatic rings. The first-order valence-electron chi connectivity index (χ1n) is 14.6. The van der Waals surface area contributed by atoms with E-state index in [0.29, 0.717) is 18.0 Å². The molecular formula is C32H49NO5. The first-order chi connectivity index (χ1) is 18.2. The molecule has 0 aliphatic heterocycles. The number of hydrogen-bond acceptors (Lipinski definition) is 5. The van der Waals surface area contributed by atoms with Gasteiger partial charge in [-0.2, -0.15) is 0 Å². The molecule has 0 radical (unpaired) electrons. The predicted octanol–water partition coefficient (Wildman–Crippen LogP) is 7.29. The van der Waals surface area contributed by atoms with E-state index in [1.807, 2.05) is 13.0 Å².